The normalized spacial score (nSPS) is 20.4. The quantitative estimate of drug-likeness (QED) is 0.441. The summed E-state index contributed by atoms with van der Waals surface area (Å²) in [5.41, 5.74) is 3.31. The van der Waals surface area contributed by atoms with Crippen molar-refractivity contribution in [3.8, 4) is 0 Å². The Kier molecular flexibility index (Phi) is 7.47. The molecule has 2 aliphatic heterocycles. The van der Waals surface area contributed by atoms with Crippen molar-refractivity contribution >= 4 is 18.0 Å². The van der Waals surface area contributed by atoms with E-state index in [-0.39, 0.29) is 31.8 Å². The van der Waals surface area contributed by atoms with Gasteiger partial charge in [-0.25, -0.2) is 15.1 Å². The van der Waals surface area contributed by atoms with E-state index in [0.29, 0.717) is 32.4 Å². The molecule has 164 valence electrons. The molecule has 2 atom stereocenters. The maximum absolute atomic E-state index is 12.7. The third kappa shape index (κ3) is 5.19. The molecular formula is C20H28N4O6. The minimum Gasteiger partial charge on any atom is -0.465 e. The molecule has 2 fully saturated rings. The molecule has 2 heterocycles. The Morgan fingerprint density at radius 3 is 2.70 bits per heavy atom. The van der Waals surface area contributed by atoms with Crippen LogP contribution in [0.15, 0.2) is 30.3 Å². The highest BCUT2D eigenvalue weighted by atomic mass is 16.7. The third-order valence-electron chi connectivity index (χ3n) is 5.24. The lowest BCUT2D eigenvalue weighted by molar-refractivity contribution is -0.141. The summed E-state index contributed by atoms with van der Waals surface area (Å²) in [5, 5.41) is 10.5. The third-order valence-corrected chi connectivity index (χ3v) is 5.24. The minimum absolute atomic E-state index is 0.0354. The molecule has 0 spiro atoms. The topological polar surface area (TPSA) is 112 Å². The lowest BCUT2D eigenvalue weighted by Gasteiger charge is -2.29. The molecule has 2 aliphatic rings. The molecule has 3 rings (SSSR count). The number of carbonyl (C=O) groups is 3. The van der Waals surface area contributed by atoms with Gasteiger partial charge in [0, 0.05) is 19.6 Å². The number of amides is 4. The van der Waals surface area contributed by atoms with Crippen molar-refractivity contribution in [1.29, 1.82) is 0 Å². The number of piperidine rings is 1. The molecule has 1 aromatic carbocycles. The lowest BCUT2D eigenvalue weighted by Crippen LogP contribution is -2.50. The molecule has 4 amide bonds. The minimum atomic E-state index is -1.02. The SMILES string of the molecule is CCCN(CCONC(=O)[C@@H]1CC[C@@H]2CN1C(=O)N2OCc1ccccc1)C(=O)O. The zero-order valence-electron chi connectivity index (χ0n) is 17.0. The number of fused-ring (bicyclic) bond motifs is 2. The summed E-state index contributed by atoms with van der Waals surface area (Å²) in [4.78, 5) is 49.9. The fourth-order valence-electron chi connectivity index (χ4n) is 3.71. The molecule has 10 nitrogen and oxygen atoms in total. The first-order valence-corrected chi connectivity index (χ1v) is 10.2. The fraction of sp³-hybridized carbons (Fsp3) is 0.550. The molecule has 10 heteroatoms. The molecule has 0 radical (unpaired) electrons. The average Bonchev–Trinajstić information content (AvgIpc) is 2.99. The van der Waals surface area contributed by atoms with E-state index in [1.165, 1.54) is 14.9 Å². The standard InChI is InChI=1S/C20H28N4O6/c1-2-10-22(20(27)28)11-12-29-21-18(25)17-9-8-16-13-23(17)19(26)24(16)30-14-15-6-4-3-5-7-15/h3-7,16-17H,2,8-14H2,1H3,(H,21,25)(H,27,28)/t16-,17+/m1/s1. The molecule has 2 N–H and O–H groups in total. The van der Waals surface area contributed by atoms with Gasteiger partial charge in [0.05, 0.1) is 12.6 Å². The Morgan fingerprint density at radius 2 is 2.00 bits per heavy atom. The summed E-state index contributed by atoms with van der Waals surface area (Å²) in [7, 11) is 0. The molecule has 30 heavy (non-hydrogen) atoms. The zero-order chi connectivity index (χ0) is 21.5. The van der Waals surface area contributed by atoms with Gasteiger partial charge in [-0.1, -0.05) is 37.3 Å². The van der Waals surface area contributed by atoms with Crippen LogP contribution >= 0.6 is 0 Å². The first-order valence-electron chi connectivity index (χ1n) is 10.2. The first-order chi connectivity index (χ1) is 14.5. The predicted molar refractivity (Wildman–Crippen MR) is 106 cm³/mol. The Hall–Kier alpha value is -2.85. The van der Waals surface area contributed by atoms with Crippen LogP contribution in [-0.2, 0) is 21.1 Å². The number of hydrogen-bond acceptors (Lipinski definition) is 5. The second kappa shape index (κ2) is 10.3. The van der Waals surface area contributed by atoms with Gasteiger partial charge in [-0.05, 0) is 24.8 Å². The molecule has 0 unspecified atom stereocenters. The van der Waals surface area contributed by atoms with E-state index in [2.05, 4.69) is 5.48 Å². The van der Waals surface area contributed by atoms with Crippen molar-refractivity contribution in [2.75, 3.05) is 26.2 Å². The number of urea groups is 1. The molecule has 0 aromatic heterocycles. The van der Waals surface area contributed by atoms with Crippen LogP contribution in [0.25, 0.3) is 0 Å². The van der Waals surface area contributed by atoms with Crippen LogP contribution in [0.3, 0.4) is 0 Å². The van der Waals surface area contributed by atoms with Crippen LogP contribution in [0.2, 0.25) is 0 Å². The largest absolute Gasteiger partial charge is 0.465 e. The van der Waals surface area contributed by atoms with E-state index in [0.717, 1.165) is 5.56 Å². The predicted octanol–water partition coefficient (Wildman–Crippen LogP) is 1.82. The zero-order valence-corrected chi connectivity index (χ0v) is 17.0. The van der Waals surface area contributed by atoms with Crippen molar-refractivity contribution in [1.82, 2.24) is 20.3 Å². The fourth-order valence-corrected chi connectivity index (χ4v) is 3.71. The van der Waals surface area contributed by atoms with Crippen molar-refractivity contribution in [2.45, 2.75) is 44.9 Å². The van der Waals surface area contributed by atoms with E-state index in [1.807, 2.05) is 37.3 Å². The molecule has 2 bridgehead atoms. The monoisotopic (exact) mass is 420 g/mol. The Morgan fingerprint density at radius 1 is 1.23 bits per heavy atom. The average molecular weight is 420 g/mol. The summed E-state index contributed by atoms with van der Waals surface area (Å²) in [5.74, 6) is -0.413. The molecule has 0 aliphatic carbocycles. The van der Waals surface area contributed by atoms with Gasteiger partial charge in [0.25, 0.3) is 5.91 Å². The van der Waals surface area contributed by atoms with Crippen molar-refractivity contribution in [3.63, 3.8) is 0 Å². The molecule has 1 aromatic rings. The Bertz CT molecular complexity index is 746. The van der Waals surface area contributed by atoms with Crippen LogP contribution in [-0.4, -0.2) is 76.3 Å². The van der Waals surface area contributed by atoms with Crippen molar-refractivity contribution < 1.29 is 29.2 Å². The second-order valence-corrected chi connectivity index (χ2v) is 7.35. The van der Waals surface area contributed by atoms with Gasteiger partial charge in [0.2, 0.25) is 0 Å². The number of nitrogens with one attached hydrogen (secondary N) is 1. The summed E-state index contributed by atoms with van der Waals surface area (Å²) >= 11 is 0. The number of hydrogen-bond donors (Lipinski definition) is 2. The van der Waals surface area contributed by atoms with Crippen molar-refractivity contribution in [2.24, 2.45) is 0 Å². The molecular weight excluding hydrogens is 392 g/mol. The van der Waals surface area contributed by atoms with Crippen molar-refractivity contribution in [3.05, 3.63) is 35.9 Å². The number of benzene rings is 1. The highest BCUT2D eigenvalue weighted by Crippen LogP contribution is 2.30. The number of carboxylic acid groups (broad SMARTS) is 1. The van der Waals surface area contributed by atoms with Crippen LogP contribution < -0.4 is 5.48 Å². The summed E-state index contributed by atoms with van der Waals surface area (Å²) < 4.78 is 0. The lowest BCUT2D eigenvalue weighted by atomic mass is 10.0. The summed E-state index contributed by atoms with van der Waals surface area (Å²) in [6.45, 7) is 3.18. The molecule has 0 saturated carbocycles. The van der Waals surface area contributed by atoms with Gasteiger partial charge >= 0.3 is 12.1 Å². The number of carbonyl (C=O) groups excluding carboxylic acids is 2. The van der Waals surface area contributed by atoms with Crippen LogP contribution in [0.5, 0.6) is 0 Å². The smallest absolute Gasteiger partial charge is 0.407 e. The summed E-state index contributed by atoms with van der Waals surface area (Å²) in [6.07, 6.45) is 0.831. The van der Waals surface area contributed by atoms with E-state index in [9.17, 15) is 14.4 Å². The highest BCUT2D eigenvalue weighted by molar-refractivity contribution is 5.88. The van der Waals surface area contributed by atoms with E-state index in [1.54, 1.807) is 0 Å². The van der Waals surface area contributed by atoms with Gasteiger partial charge < -0.3 is 14.9 Å². The van der Waals surface area contributed by atoms with Gasteiger partial charge in [-0.2, -0.15) is 5.06 Å². The number of hydroxylamine groups is 3. The maximum atomic E-state index is 12.7. The Balaban J connectivity index is 1.46. The summed E-state index contributed by atoms with van der Waals surface area (Å²) in [6, 6.07) is 8.54. The van der Waals surface area contributed by atoms with Gasteiger partial charge in [-0.3, -0.25) is 14.5 Å². The van der Waals surface area contributed by atoms with Crippen LogP contribution in [0, 0.1) is 0 Å². The number of rotatable bonds is 10. The second-order valence-electron chi connectivity index (χ2n) is 7.35. The number of nitrogens with zero attached hydrogens (tertiary/aromatic N) is 3. The van der Waals surface area contributed by atoms with E-state index in [4.69, 9.17) is 14.8 Å². The van der Waals surface area contributed by atoms with Crippen LogP contribution in [0.1, 0.15) is 31.7 Å². The highest BCUT2D eigenvalue weighted by Gasteiger charge is 2.48. The van der Waals surface area contributed by atoms with Gasteiger partial charge in [-0.15, -0.1) is 0 Å². The van der Waals surface area contributed by atoms with E-state index < -0.39 is 18.0 Å². The van der Waals surface area contributed by atoms with Gasteiger partial charge in [0.1, 0.15) is 12.6 Å². The van der Waals surface area contributed by atoms with Gasteiger partial charge in [0.15, 0.2) is 0 Å². The maximum Gasteiger partial charge on any atom is 0.407 e. The Labute approximate surface area is 175 Å². The van der Waals surface area contributed by atoms with Crippen LogP contribution in [0.4, 0.5) is 9.59 Å². The molecule has 2 saturated heterocycles. The van der Waals surface area contributed by atoms with E-state index >= 15 is 0 Å². The first kappa shape index (κ1) is 21.8.